The van der Waals surface area contributed by atoms with Crippen LogP contribution in [0.3, 0.4) is 0 Å². The maximum atomic E-state index is 13.3. The Morgan fingerprint density at radius 2 is 2.14 bits per heavy atom. The van der Waals surface area contributed by atoms with Crippen LogP contribution in [0.4, 0.5) is 11.5 Å². The maximum Gasteiger partial charge on any atom is 0.260 e. The fraction of sp³-hybridized carbons (Fsp3) is 0.375. The van der Waals surface area contributed by atoms with Crippen molar-refractivity contribution in [2.75, 3.05) is 44.1 Å². The van der Waals surface area contributed by atoms with Crippen LogP contribution >= 0.6 is 0 Å². The Balaban J connectivity index is 1.71. The van der Waals surface area contributed by atoms with Gasteiger partial charge in [0.25, 0.3) is 5.91 Å². The first-order chi connectivity index (χ1) is 17.0. The summed E-state index contributed by atoms with van der Waals surface area (Å²) in [5, 5.41) is 15.2. The van der Waals surface area contributed by atoms with Gasteiger partial charge in [-0.1, -0.05) is 0 Å². The topological polar surface area (TPSA) is 140 Å². The summed E-state index contributed by atoms with van der Waals surface area (Å²) in [6.45, 7) is 5.68. The lowest BCUT2D eigenvalue weighted by molar-refractivity contribution is -0.0473. The lowest BCUT2D eigenvalue weighted by Crippen LogP contribution is -2.15. The molecule has 0 saturated carbocycles. The Labute approximate surface area is 202 Å². The molecule has 4 rings (SSSR count). The highest BCUT2D eigenvalue weighted by atomic mass is 16.7. The first-order valence-corrected chi connectivity index (χ1v) is 11.1. The Bertz CT molecular complexity index is 1290. The van der Waals surface area contributed by atoms with E-state index >= 15 is 0 Å². The minimum atomic E-state index is -0.765. The van der Waals surface area contributed by atoms with E-state index in [9.17, 15) is 14.9 Å². The summed E-state index contributed by atoms with van der Waals surface area (Å²) in [6, 6.07) is 5.38. The van der Waals surface area contributed by atoms with Gasteiger partial charge >= 0.3 is 0 Å². The quantitative estimate of drug-likeness (QED) is 0.351. The second-order valence-corrected chi connectivity index (χ2v) is 8.17. The molecule has 2 N–H and O–H groups in total. The summed E-state index contributed by atoms with van der Waals surface area (Å²) in [5.41, 5.74) is 2.93. The predicted molar refractivity (Wildman–Crippen MR) is 127 cm³/mol. The van der Waals surface area contributed by atoms with Crippen molar-refractivity contribution < 1.29 is 23.8 Å². The first kappa shape index (κ1) is 24.3. The molecule has 0 aliphatic carbocycles. The molecule has 182 valence electrons. The highest BCUT2D eigenvalue weighted by Crippen LogP contribution is 2.31. The van der Waals surface area contributed by atoms with E-state index < -0.39 is 12.2 Å². The number of hydrogen-bond donors (Lipinski definition) is 2. The lowest BCUT2D eigenvalue weighted by atomic mass is 10.1. The number of aldehydes is 1. The molecule has 11 heteroatoms. The molecule has 1 saturated heterocycles. The first-order valence-electron chi connectivity index (χ1n) is 11.1. The molecule has 3 aromatic rings. The molecule has 1 aliphatic heterocycles. The van der Waals surface area contributed by atoms with Crippen LogP contribution in [0.1, 0.15) is 58.2 Å². The number of anilines is 2. The lowest BCUT2D eigenvalue weighted by Gasteiger charge is -2.13. The van der Waals surface area contributed by atoms with Gasteiger partial charge < -0.3 is 29.4 Å². The number of nitriles is 1. The molecule has 0 unspecified atom stereocenters. The van der Waals surface area contributed by atoms with Gasteiger partial charge in [0, 0.05) is 43.7 Å². The summed E-state index contributed by atoms with van der Waals surface area (Å²) in [6.07, 6.45) is 3.04. The molecular formula is C24H26N6O5. The monoisotopic (exact) mass is 478 g/mol. The van der Waals surface area contributed by atoms with Crippen LogP contribution in [0, 0.1) is 11.3 Å². The smallest absolute Gasteiger partial charge is 0.260 e. The number of amides is 1. The van der Waals surface area contributed by atoms with Crippen LogP contribution in [0.2, 0.25) is 0 Å². The molecule has 1 aliphatic rings. The molecule has 4 heterocycles. The third-order valence-electron chi connectivity index (χ3n) is 5.52. The van der Waals surface area contributed by atoms with Gasteiger partial charge in [-0.25, -0.2) is 9.97 Å². The number of pyridine rings is 2. The van der Waals surface area contributed by atoms with Crippen molar-refractivity contribution in [3.8, 4) is 6.07 Å². The van der Waals surface area contributed by atoms with Crippen molar-refractivity contribution in [1.29, 1.82) is 5.26 Å². The van der Waals surface area contributed by atoms with Gasteiger partial charge in [0.1, 0.15) is 23.1 Å². The third-order valence-corrected chi connectivity index (χ3v) is 5.52. The number of nitrogens with zero attached hydrogens (tertiary/aromatic N) is 4. The highest BCUT2D eigenvalue weighted by Gasteiger charge is 2.27. The van der Waals surface area contributed by atoms with Gasteiger partial charge in [0.2, 0.25) is 6.29 Å². The Kier molecular flexibility index (Phi) is 7.36. The molecule has 0 atom stereocenters. The Morgan fingerprint density at radius 3 is 2.80 bits per heavy atom. The summed E-state index contributed by atoms with van der Waals surface area (Å²) >= 11 is 0. The number of carbonyl (C=O) groups excluding carboxylic acids is 2. The molecule has 0 spiro atoms. The van der Waals surface area contributed by atoms with E-state index in [1.807, 2.05) is 18.4 Å². The Morgan fingerprint density at radius 1 is 1.37 bits per heavy atom. The van der Waals surface area contributed by atoms with E-state index in [2.05, 4.69) is 26.7 Å². The van der Waals surface area contributed by atoms with E-state index in [1.54, 1.807) is 25.4 Å². The predicted octanol–water partition coefficient (Wildman–Crippen LogP) is 3.05. The van der Waals surface area contributed by atoms with E-state index in [0.717, 1.165) is 0 Å². The van der Waals surface area contributed by atoms with Crippen molar-refractivity contribution in [2.24, 2.45) is 0 Å². The van der Waals surface area contributed by atoms with Gasteiger partial charge in [0.05, 0.1) is 42.2 Å². The molecule has 0 bridgehead atoms. The molecule has 35 heavy (non-hydrogen) atoms. The highest BCUT2D eigenvalue weighted by molar-refractivity contribution is 6.12. The van der Waals surface area contributed by atoms with Gasteiger partial charge in [0.15, 0.2) is 6.29 Å². The third kappa shape index (κ3) is 5.00. The number of aromatic nitrogens is 3. The van der Waals surface area contributed by atoms with E-state index in [-0.39, 0.29) is 11.9 Å². The average Bonchev–Trinajstić information content (AvgIpc) is 3.51. The van der Waals surface area contributed by atoms with Crippen LogP contribution in [0.25, 0.3) is 11.0 Å². The zero-order valence-corrected chi connectivity index (χ0v) is 19.7. The van der Waals surface area contributed by atoms with Crippen molar-refractivity contribution in [1.82, 2.24) is 14.5 Å². The van der Waals surface area contributed by atoms with Gasteiger partial charge in [-0.05, 0) is 19.9 Å². The molecule has 1 fully saturated rings. The number of rotatable bonds is 9. The van der Waals surface area contributed by atoms with Gasteiger partial charge in [-0.2, -0.15) is 5.26 Å². The zero-order valence-electron chi connectivity index (χ0n) is 19.7. The summed E-state index contributed by atoms with van der Waals surface area (Å²) in [5.74, 6) is -0.161. The van der Waals surface area contributed by atoms with E-state index in [1.165, 1.54) is 6.20 Å². The molecule has 0 aromatic carbocycles. The van der Waals surface area contributed by atoms with E-state index in [4.69, 9.17) is 14.2 Å². The van der Waals surface area contributed by atoms with Crippen LogP contribution in [0.5, 0.6) is 0 Å². The fourth-order valence-corrected chi connectivity index (χ4v) is 3.82. The average molecular weight is 479 g/mol. The van der Waals surface area contributed by atoms with Crippen molar-refractivity contribution in [2.45, 2.75) is 26.2 Å². The number of methoxy groups -OCH3 is 1. The normalized spacial score (nSPS) is 13.8. The van der Waals surface area contributed by atoms with Crippen molar-refractivity contribution >= 4 is 34.7 Å². The Hall–Kier alpha value is -3.85. The fourth-order valence-electron chi connectivity index (χ4n) is 3.82. The van der Waals surface area contributed by atoms with Crippen LogP contribution in [0.15, 0.2) is 24.5 Å². The minimum absolute atomic E-state index is 0.00908. The van der Waals surface area contributed by atoms with Crippen LogP contribution in [-0.4, -0.2) is 60.2 Å². The van der Waals surface area contributed by atoms with Gasteiger partial charge in [-0.3, -0.25) is 9.59 Å². The summed E-state index contributed by atoms with van der Waals surface area (Å²) in [4.78, 5) is 34.0. The van der Waals surface area contributed by atoms with Crippen molar-refractivity contribution in [3.63, 3.8) is 0 Å². The largest absolute Gasteiger partial charge is 0.383 e. The standard InChI is InChI=1S/C24H26N6O5/c1-14(2)30-12-17(22-19(30)8-15(13-31)21(29-22)24-34-6-7-35-24)23(32)28-20-9-18(26-4-5-33-3)16(10-25)11-27-20/h8-9,11-14,24H,4-7H2,1-3H3,(H2,26,27,28,32). The SMILES string of the molecule is COCCNc1cc(NC(=O)c2cn(C(C)C)c3cc(C=O)c(C4OCCO4)nc23)ncc1C#N. The van der Waals surface area contributed by atoms with E-state index in [0.29, 0.717) is 71.8 Å². The number of hydrogen-bond acceptors (Lipinski definition) is 9. The maximum absolute atomic E-state index is 13.3. The number of carbonyl (C=O) groups is 2. The number of fused-ring (bicyclic) bond motifs is 1. The summed E-state index contributed by atoms with van der Waals surface area (Å²) in [7, 11) is 1.58. The second kappa shape index (κ2) is 10.6. The molecular weight excluding hydrogens is 452 g/mol. The second-order valence-electron chi connectivity index (χ2n) is 8.17. The molecule has 3 aromatic heterocycles. The number of nitrogens with one attached hydrogen (secondary N) is 2. The number of ether oxygens (including phenoxy) is 3. The molecule has 0 radical (unpaired) electrons. The van der Waals surface area contributed by atoms with Gasteiger partial charge in [-0.15, -0.1) is 0 Å². The molecule has 1 amide bonds. The zero-order chi connectivity index (χ0) is 24.9. The van der Waals surface area contributed by atoms with Crippen molar-refractivity contribution in [3.05, 3.63) is 46.9 Å². The molecule has 11 nitrogen and oxygen atoms in total. The van der Waals surface area contributed by atoms with Crippen LogP contribution in [-0.2, 0) is 14.2 Å². The van der Waals surface area contributed by atoms with Crippen LogP contribution < -0.4 is 10.6 Å². The minimum Gasteiger partial charge on any atom is -0.383 e. The summed E-state index contributed by atoms with van der Waals surface area (Å²) < 4.78 is 18.0.